The van der Waals surface area contributed by atoms with E-state index in [-0.39, 0.29) is 29.7 Å². The Hall–Kier alpha value is -2.96. The predicted octanol–water partition coefficient (Wildman–Crippen LogP) is 2.71. The number of ether oxygens (including phenoxy) is 3. The van der Waals surface area contributed by atoms with Crippen LogP contribution in [0, 0.1) is 6.92 Å². The van der Waals surface area contributed by atoms with Crippen molar-refractivity contribution in [2.75, 3.05) is 27.4 Å². The number of carbonyl (C=O) groups is 1. The lowest BCUT2D eigenvalue weighted by Crippen LogP contribution is -2.35. The van der Waals surface area contributed by atoms with Crippen molar-refractivity contribution in [3.8, 4) is 17.2 Å². The summed E-state index contributed by atoms with van der Waals surface area (Å²) in [5.41, 5.74) is 0.625. The molecule has 1 amide bonds. The molecule has 1 aliphatic heterocycles. The number of methoxy groups -OCH3 is 2. The molecule has 1 aromatic heterocycles. The molecule has 2 heterocycles. The summed E-state index contributed by atoms with van der Waals surface area (Å²) in [6.45, 7) is 2.08. The second kappa shape index (κ2) is 8.16. The van der Waals surface area contributed by atoms with E-state index in [1.165, 1.54) is 12.3 Å². The Kier molecular flexibility index (Phi) is 5.69. The molecule has 0 unspecified atom stereocenters. The van der Waals surface area contributed by atoms with E-state index in [0.29, 0.717) is 23.8 Å². The number of hydrogen-bond donors (Lipinski definition) is 0. The van der Waals surface area contributed by atoms with Gasteiger partial charge in [-0.25, -0.2) is 0 Å². The summed E-state index contributed by atoms with van der Waals surface area (Å²) in [6.07, 6.45) is 2.96. The zero-order valence-electron chi connectivity index (χ0n) is 15.7. The SMILES string of the molecule is COc1ccc([C@@H]2CCCN2C(=O)COc2coc(C)cc2=O)c(OC)c1. The van der Waals surface area contributed by atoms with E-state index >= 15 is 0 Å². The first-order chi connectivity index (χ1) is 13.0. The van der Waals surface area contributed by atoms with Crippen molar-refractivity contribution in [2.45, 2.75) is 25.8 Å². The lowest BCUT2D eigenvalue weighted by molar-refractivity contribution is -0.134. The Labute approximate surface area is 157 Å². The monoisotopic (exact) mass is 373 g/mol. The van der Waals surface area contributed by atoms with Gasteiger partial charge in [-0.2, -0.15) is 0 Å². The summed E-state index contributed by atoms with van der Waals surface area (Å²) in [5.74, 6) is 1.71. The van der Waals surface area contributed by atoms with Gasteiger partial charge in [-0.3, -0.25) is 9.59 Å². The van der Waals surface area contributed by atoms with Gasteiger partial charge in [0, 0.05) is 24.2 Å². The average molecular weight is 373 g/mol. The summed E-state index contributed by atoms with van der Waals surface area (Å²) < 4.78 is 21.3. The zero-order chi connectivity index (χ0) is 19.4. The minimum atomic E-state index is -0.304. The standard InChI is InChI=1S/C20H23NO6/c1-13-9-17(22)19(11-26-13)27-12-20(23)21-8-4-5-16(21)15-7-6-14(24-2)10-18(15)25-3/h6-7,9-11,16H,4-5,8,12H2,1-3H3/t16-/m0/s1. The lowest BCUT2D eigenvalue weighted by Gasteiger charge is -2.26. The van der Waals surface area contributed by atoms with Gasteiger partial charge in [0.1, 0.15) is 23.5 Å². The predicted molar refractivity (Wildman–Crippen MR) is 98.4 cm³/mol. The molecule has 1 atom stereocenters. The van der Waals surface area contributed by atoms with Crippen molar-refractivity contribution >= 4 is 5.91 Å². The van der Waals surface area contributed by atoms with Gasteiger partial charge >= 0.3 is 0 Å². The lowest BCUT2D eigenvalue weighted by atomic mass is 10.0. The molecule has 144 valence electrons. The summed E-state index contributed by atoms with van der Waals surface area (Å²) in [6, 6.07) is 6.82. The molecule has 1 saturated heterocycles. The smallest absolute Gasteiger partial charge is 0.261 e. The highest BCUT2D eigenvalue weighted by Gasteiger charge is 2.32. The van der Waals surface area contributed by atoms with E-state index < -0.39 is 0 Å². The van der Waals surface area contributed by atoms with Crippen LogP contribution in [-0.4, -0.2) is 38.2 Å². The summed E-state index contributed by atoms with van der Waals surface area (Å²) in [4.78, 5) is 26.3. The average Bonchev–Trinajstić information content (AvgIpc) is 3.16. The zero-order valence-corrected chi connectivity index (χ0v) is 15.7. The van der Waals surface area contributed by atoms with Crippen LogP contribution in [0.15, 0.2) is 39.7 Å². The number of hydrogen-bond acceptors (Lipinski definition) is 6. The third kappa shape index (κ3) is 4.07. The van der Waals surface area contributed by atoms with E-state index in [1.807, 2.05) is 18.2 Å². The van der Waals surface area contributed by atoms with Crippen LogP contribution >= 0.6 is 0 Å². The molecular formula is C20H23NO6. The van der Waals surface area contributed by atoms with Gasteiger partial charge in [0.15, 0.2) is 6.61 Å². The Morgan fingerprint density at radius 3 is 2.74 bits per heavy atom. The largest absolute Gasteiger partial charge is 0.497 e. The topological polar surface area (TPSA) is 78.2 Å². The van der Waals surface area contributed by atoms with E-state index in [0.717, 1.165) is 18.4 Å². The highest BCUT2D eigenvalue weighted by atomic mass is 16.5. The van der Waals surface area contributed by atoms with E-state index in [1.54, 1.807) is 26.0 Å². The Morgan fingerprint density at radius 1 is 1.22 bits per heavy atom. The number of aryl methyl sites for hydroxylation is 1. The van der Waals surface area contributed by atoms with Crippen molar-refractivity contribution in [1.82, 2.24) is 4.90 Å². The van der Waals surface area contributed by atoms with Crippen LogP contribution in [0.2, 0.25) is 0 Å². The highest BCUT2D eigenvalue weighted by molar-refractivity contribution is 5.78. The van der Waals surface area contributed by atoms with Crippen LogP contribution in [0.3, 0.4) is 0 Å². The first-order valence-electron chi connectivity index (χ1n) is 8.77. The summed E-state index contributed by atoms with van der Waals surface area (Å²) >= 11 is 0. The van der Waals surface area contributed by atoms with E-state index in [4.69, 9.17) is 18.6 Å². The number of likely N-dealkylation sites (tertiary alicyclic amines) is 1. The van der Waals surface area contributed by atoms with Gasteiger partial charge < -0.3 is 23.5 Å². The second-order valence-electron chi connectivity index (χ2n) is 6.36. The molecule has 1 aromatic carbocycles. The van der Waals surface area contributed by atoms with Crippen molar-refractivity contribution in [3.63, 3.8) is 0 Å². The molecule has 27 heavy (non-hydrogen) atoms. The number of rotatable bonds is 6. The van der Waals surface area contributed by atoms with Gasteiger partial charge in [0.25, 0.3) is 5.91 Å². The molecule has 1 fully saturated rings. The summed E-state index contributed by atoms with van der Waals surface area (Å²) in [7, 11) is 3.19. The van der Waals surface area contributed by atoms with E-state index in [2.05, 4.69) is 0 Å². The number of nitrogens with zero attached hydrogens (tertiary/aromatic N) is 1. The van der Waals surface area contributed by atoms with Crippen LogP contribution in [0.4, 0.5) is 0 Å². The minimum Gasteiger partial charge on any atom is -0.497 e. The van der Waals surface area contributed by atoms with Gasteiger partial charge in [0.2, 0.25) is 11.2 Å². The van der Waals surface area contributed by atoms with Crippen LogP contribution < -0.4 is 19.6 Å². The van der Waals surface area contributed by atoms with Gasteiger partial charge in [-0.15, -0.1) is 0 Å². The Balaban J connectivity index is 1.74. The van der Waals surface area contributed by atoms with Crippen LogP contribution in [0.25, 0.3) is 0 Å². The molecule has 2 aromatic rings. The fourth-order valence-corrected chi connectivity index (χ4v) is 3.30. The Morgan fingerprint density at radius 2 is 2.04 bits per heavy atom. The Bertz CT molecular complexity index is 875. The van der Waals surface area contributed by atoms with Crippen molar-refractivity contribution < 1.29 is 23.4 Å². The van der Waals surface area contributed by atoms with Crippen LogP contribution in [0.1, 0.15) is 30.2 Å². The van der Waals surface area contributed by atoms with Gasteiger partial charge in [-0.05, 0) is 31.9 Å². The third-order valence-corrected chi connectivity index (χ3v) is 4.65. The van der Waals surface area contributed by atoms with Crippen LogP contribution in [-0.2, 0) is 4.79 Å². The first-order valence-corrected chi connectivity index (χ1v) is 8.77. The number of carbonyl (C=O) groups excluding carboxylic acids is 1. The van der Waals surface area contributed by atoms with E-state index in [9.17, 15) is 9.59 Å². The summed E-state index contributed by atoms with van der Waals surface area (Å²) in [5, 5.41) is 0. The van der Waals surface area contributed by atoms with Crippen molar-refractivity contribution in [2.24, 2.45) is 0 Å². The van der Waals surface area contributed by atoms with Gasteiger partial charge in [0.05, 0.1) is 20.3 Å². The molecule has 7 heteroatoms. The molecule has 0 bridgehead atoms. The molecule has 0 saturated carbocycles. The molecule has 0 N–H and O–H groups in total. The molecule has 1 aliphatic rings. The molecule has 0 spiro atoms. The van der Waals surface area contributed by atoms with Crippen LogP contribution in [0.5, 0.6) is 17.2 Å². The van der Waals surface area contributed by atoms with Gasteiger partial charge in [-0.1, -0.05) is 0 Å². The highest BCUT2D eigenvalue weighted by Crippen LogP contribution is 2.38. The maximum Gasteiger partial charge on any atom is 0.261 e. The number of benzene rings is 1. The quantitative estimate of drug-likeness (QED) is 0.775. The number of amides is 1. The fraction of sp³-hybridized carbons (Fsp3) is 0.400. The molecule has 7 nitrogen and oxygen atoms in total. The fourth-order valence-electron chi connectivity index (χ4n) is 3.30. The second-order valence-corrected chi connectivity index (χ2v) is 6.36. The maximum atomic E-state index is 12.7. The minimum absolute atomic E-state index is 0.0340. The molecule has 0 radical (unpaired) electrons. The third-order valence-electron chi connectivity index (χ3n) is 4.65. The molecular weight excluding hydrogens is 350 g/mol. The normalized spacial score (nSPS) is 16.3. The molecule has 3 rings (SSSR count). The maximum absolute atomic E-state index is 12.7. The first kappa shape index (κ1) is 18.8. The molecule has 0 aliphatic carbocycles. The van der Waals surface area contributed by atoms with Crippen molar-refractivity contribution in [3.05, 3.63) is 52.1 Å². The van der Waals surface area contributed by atoms with Crippen molar-refractivity contribution in [1.29, 1.82) is 0 Å².